The van der Waals surface area contributed by atoms with Crippen LogP contribution in [0.3, 0.4) is 0 Å². The van der Waals surface area contributed by atoms with Crippen molar-refractivity contribution in [2.24, 2.45) is 5.92 Å². The van der Waals surface area contributed by atoms with Crippen molar-refractivity contribution in [3.8, 4) is 0 Å². The molecule has 0 aromatic carbocycles. The number of carbonyl (C=O) groups excluding carboxylic acids is 2. The molecule has 0 spiro atoms. The molecule has 0 saturated carbocycles. The topological polar surface area (TPSA) is 95.9 Å². The number of rotatable bonds is 5. The largest absolute Gasteiger partial charge is 0.481 e. The Morgan fingerprint density at radius 1 is 1.45 bits per heavy atom. The van der Waals surface area contributed by atoms with Crippen molar-refractivity contribution in [2.45, 2.75) is 58.6 Å². The number of carboxylic acid groups (broad SMARTS) is 1. The standard InChI is InChI=1S/C15H26N2O5/c1-10-5-6-12(18)17(8-10)9-11(7-13(19)20)16-14(21)22-15(2,3)4/h10-11H,5-9H2,1-4H3,(H,16,21)(H,19,20)/t10?,11-/m0/s1. The zero-order chi connectivity index (χ0) is 16.9. The molecular weight excluding hydrogens is 288 g/mol. The van der Waals surface area contributed by atoms with Gasteiger partial charge >= 0.3 is 12.1 Å². The molecule has 0 radical (unpaired) electrons. The fourth-order valence-corrected chi connectivity index (χ4v) is 2.39. The van der Waals surface area contributed by atoms with E-state index in [2.05, 4.69) is 5.32 Å². The van der Waals surface area contributed by atoms with E-state index in [1.54, 1.807) is 25.7 Å². The van der Waals surface area contributed by atoms with Gasteiger partial charge in [0, 0.05) is 19.5 Å². The van der Waals surface area contributed by atoms with Crippen LogP contribution in [0.1, 0.15) is 47.0 Å². The molecule has 0 aromatic heterocycles. The Bertz CT molecular complexity index is 430. The van der Waals surface area contributed by atoms with Crippen LogP contribution in [-0.2, 0) is 14.3 Å². The Morgan fingerprint density at radius 2 is 2.09 bits per heavy atom. The SMILES string of the molecule is CC1CCC(=O)N(C[C@H](CC(=O)O)NC(=O)OC(C)(C)C)C1. The van der Waals surface area contributed by atoms with Crippen molar-refractivity contribution in [3.63, 3.8) is 0 Å². The molecule has 22 heavy (non-hydrogen) atoms. The Labute approximate surface area is 131 Å². The van der Waals surface area contributed by atoms with Crippen molar-refractivity contribution in [1.82, 2.24) is 10.2 Å². The Hall–Kier alpha value is -1.79. The van der Waals surface area contributed by atoms with E-state index in [1.165, 1.54) is 0 Å². The maximum absolute atomic E-state index is 11.9. The van der Waals surface area contributed by atoms with Crippen molar-refractivity contribution in [1.29, 1.82) is 0 Å². The molecule has 0 aromatic rings. The summed E-state index contributed by atoms with van der Waals surface area (Å²) in [5.74, 6) is -0.650. The minimum Gasteiger partial charge on any atom is -0.481 e. The Balaban J connectivity index is 2.65. The molecule has 1 rings (SSSR count). The summed E-state index contributed by atoms with van der Waals surface area (Å²) in [4.78, 5) is 36.3. The van der Waals surface area contributed by atoms with Crippen LogP contribution in [0.25, 0.3) is 0 Å². The molecular formula is C15H26N2O5. The molecule has 0 aliphatic carbocycles. The zero-order valence-electron chi connectivity index (χ0n) is 13.7. The average molecular weight is 314 g/mol. The summed E-state index contributed by atoms with van der Waals surface area (Å²) in [6.45, 7) is 8.02. The first-order valence-corrected chi connectivity index (χ1v) is 7.56. The van der Waals surface area contributed by atoms with E-state index in [9.17, 15) is 14.4 Å². The molecule has 7 nitrogen and oxygen atoms in total. The highest BCUT2D eigenvalue weighted by Crippen LogP contribution is 2.17. The number of aliphatic carboxylic acids is 1. The quantitative estimate of drug-likeness (QED) is 0.804. The van der Waals surface area contributed by atoms with Gasteiger partial charge in [-0.2, -0.15) is 0 Å². The van der Waals surface area contributed by atoms with Gasteiger partial charge < -0.3 is 20.1 Å². The number of likely N-dealkylation sites (tertiary alicyclic amines) is 1. The number of hydrogen-bond donors (Lipinski definition) is 2. The second kappa shape index (κ2) is 7.47. The highest BCUT2D eigenvalue weighted by atomic mass is 16.6. The lowest BCUT2D eigenvalue weighted by atomic mass is 9.99. The second-order valence-corrected chi connectivity index (χ2v) is 6.88. The number of carboxylic acids is 1. The van der Waals surface area contributed by atoms with E-state index in [4.69, 9.17) is 9.84 Å². The van der Waals surface area contributed by atoms with E-state index < -0.39 is 23.7 Å². The van der Waals surface area contributed by atoms with Crippen LogP contribution >= 0.6 is 0 Å². The fraction of sp³-hybridized carbons (Fsp3) is 0.800. The third-order valence-electron chi connectivity index (χ3n) is 3.32. The van der Waals surface area contributed by atoms with Crippen LogP contribution < -0.4 is 5.32 Å². The van der Waals surface area contributed by atoms with E-state index >= 15 is 0 Å². The Kier molecular flexibility index (Phi) is 6.20. The number of alkyl carbamates (subject to hydrolysis) is 1. The van der Waals surface area contributed by atoms with Gasteiger partial charge in [-0.1, -0.05) is 6.92 Å². The summed E-state index contributed by atoms with van der Waals surface area (Å²) in [5, 5.41) is 11.5. The molecule has 2 N–H and O–H groups in total. The number of ether oxygens (including phenoxy) is 1. The lowest BCUT2D eigenvalue weighted by molar-refractivity contribution is -0.139. The molecule has 1 unspecified atom stereocenters. The monoisotopic (exact) mass is 314 g/mol. The van der Waals surface area contributed by atoms with E-state index in [0.29, 0.717) is 18.9 Å². The van der Waals surface area contributed by atoms with Crippen molar-refractivity contribution in [2.75, 3.05) is 13.1 Å². The molecule has 2 atom stereocenters. The van der Waals surface area contributed by atoms with Crippen LogP contribution in [0.2, 0.25) is 0 Å². The highest BCUT2D eigenvalue weighted by Gasteiger charge is 2.28. The van der Waals surface area contributed by atoms with Crippen LogP contribution in [-0.4, -0.2) is 52.7 Å². The molecule has 1 aliphatic rings. The van der Waals surface area contributed by atoms with Crippen molar-refractivity contribution < 1.29 is 24.2 Å². The molecule has 0 bridgehead atoms. The van der Waals surface area contributed by atoms with Gasteiger partial charge in [0.25, 0.3) is 0 Å². The van der Waals surface area contributed by atoms with E-state index in [1.807, 2.05) is 6.92 Å². The third kappa shape index (κ3) is 6.78. The minimum absolute atomic E-state index is 0.000484. The van der Waals surface area contributed by atoms with Gasteiger partial charge in [0.15, 0.2) is 0 Å². The minimum atomic E-state index is -1.03. The smallest absolute Gasteiger partial charge is 0.407 e. The molecule has 7 heteroatoms. The number of nitrogens with one attached hydrogen (secondary N) is 1. The van der Waals surface area contributed by atoms with Gasteiger partial charge in [0.2, 0.25) is 5.91 Å². The van der Waals surface area contributed by atoms with Crippen LogP contribution in [0.15, 0.2) is 0 Å². The number of carbonyl (C=O) groups is 3. The normalized spacial score (nSPS) is 20.5. The predicted octanol–water partition coefficient (Wildman–Crippen LogP) is 1.61. The van der Waals surface area contributed by atoms with Gasteiger partial charge in [-0.05, 0) is 33.1 Å². The van der Waals surface area contributed by atoms with Crippen molar-refractivity contribution in [3.05, 3.63) is 0 Å². The highest BCUT2D eigenvalue weighted by molar-refractivity contribution is 5.77. The van der Waals surface area contributed by atoms with Gasteiger partial charge in [-0.25, -0.2) is 4.79 Å². The molecule has 1 saturated heterocycles. The lowest BCUT2D eigenvalue weighted by Crippen LogP contribution is -2.50. The van der Waals surface area contributed by atoms with Crippen LogP contribution in [0.5, 0.6) is 0 Å². The summed E-state index contributed by atoms with van der Waals surface area (Å²) in [6.07, 6.45) is 0.389. The van der Waals surface area contributed by atoms with E-state index in [-0.39, 0.29) is 18.9 Å². The first kappa shape index (κ1) is 18.3. The molecule has 126 valence electrons. The van der Waals surface area contributed by atoms with E-state index in [0.717, 1.165) is 6.42 Å². The number of nitrogens with zero attached hydrogens (tertiary/aromatic N) is 1. The van der Waals surface area contributed by atoms with Gasteiger partial charge in [0.05, 0.1) is 12.5 Å². The van der Waals surface area contributed by atoms with Gasteiger partial charge in [-0.15, -0.1) is 0 Å². The predicted molar refractivity (Wildman–Crippen MR) is 80.4 cm³/mol. The zero-order valence-corrected chi connectivity index (χ0v) is 13.7. The number of amides is 2. The maximum Gasteiger partial charge on any atom is 0.407 e. The Morgan fingerprint density at radius 3 is 2.64 bits per heavy atom. The summed E-state index contributed by atoms with van der Waals surface area (Å²) >= 11 is 0. The number of hydrogen-bond acceptors (Lipinski definition) is 4. The first-order chi connectivity index (χ1) is 10.1. The number of piperidine rings is 1. The second-order valence-electron chi connectivity index (χ2n) is 6.88. The first-order valence-electron chi connectivity index (χ1n) is 7.56. The fourth-order valence-electron chi connectivity index (χ4n) is 2.39. The summed E-state index contributed by atoms with van der Waals surface area (Å²) < 4.78 is 5.14. The lowest BCUT2D eigenvalue weighted by Gasteiger charge is -2.33. The van der Waals surface area contributed by atoms with Gasteiger partial charge in [0.1, 0.15) is 5.60 Å². The van der Waals surface area contributed by atoms with Crippen molar-refractivity contribution >= 4 is 18.0 Å². The van der Waals surface area contributed by atoms with Crippen LogP contribution in [0, 0.1) is 5.92 Å². The maximum atomic E-state index is 11.9. The summed E-state index contributed by atoms with van der Waals surface area (Å²) in [6, 6.07) is -0.665. The molecule has 2 amide bonds. The summed E-state index contributed by atoms with van der Waals surface area (Å²) in [7, 11) is 0. The molecule has 1 fully saturated rings. The average Bonchev–Trinajstić information content (AvgIpc) is 2.30. The molecule has 1 heterocycles. The summed E-state index contributed by atoms with van der Waals surface area (Å²) in [5.41, 5.74) is -0.659. The van der Waals surface area contributed by atoms with Crippen LogP contribution in [0.4, 0.5) is 4.79 Å². The third-order valence-corrected chi connectivity index (χ3v) is 3.32. The van der Waals surface area contributed by atoms with Gasteiger partial charge in [-0.3, -0.25) is 9.59 Å². The molecule has 1 aliphatic heterocycles.